The number of amides is 1. The molecule has 0 aromatic carbocycles. The molecule has 2 N–H and O–H groups in total. The minimum Gasteiger partial charge on any atom is -0.438 e. The smallest absolute Gasteiger partial charge is 0.287 e. The quantitative estimate of drug-likeness (QED) is 0.860. The van der Waals surface area contributed by atoms with E-state index in [4.69, 9.17) is 4.42 Å². The molecule has 0 spiro atoms. The Bertz CT molecular complexity index is 725. The van der Waals surface area contributed by atoms with Gasteiger partial charge in [0, 0.05) is 12.4 Å². The molecular formula is C13H15N3O4S. The van der Waals surface area contributed by atoms with Gasteiger partial charge in [-0.05, 0) is 43.8 Å². The van der Waals surface area contributed by atoms with E-state index in [1.807, 2.05) is 0 Å². The zero-order chi connectivity index (χ0) is 15.5. The molecule has 1 atom stereocenters. The van der Waals surface area contributed by atoms with Gasteiger partial charge in [-0.1, -0.05) is 0 Å². The van der Waals surface area contributed by atoms with Crippen molar-refractivity contribution in [3.05, 3.63) is 48.0 Å². The van der Waals surface area contributed by atoms with E-state index in [2.05, 4.69) is 15.0 Å². The summed E-state index contributed by atoms with van der Waals surface area (Å²) < 4.78 is 30.3. The van der Waals surface area contributed by atoms with Crippen LogP contribution in [0.15, 0.2) is 46.2 Å². The monoisotopic (exact) mass is 309 g/mol. The van der Waals surface area contributed by atoms with Gasteiger partial charge in [-0.3, -0.25) is 9.78 Å². The zero-order valence-corrected chi connectivity index (χ0v) is 12.3. The molecule has 0 saturated heterocycles. The lowest BCUT2D eigenvalue weighted by Gasteiger charge is -2.12. The molecule has 7 nitrogen and oxygen atoms in total. The minimum absolute atomic E-state index is 0.0651. The molecule has 2 aromatic heterocycles. The van der Waals surface area contributed by atoms with Gasteiger partial charge in [0.25, 0.3) is 15.9 Å². The second-order valence-corrected chi connectivity index (χ2v) is 6.12. The first-order valence-corrected chi connectivity index (χ1v) is 7.66. The molecule has 0 radical (unpaired) electrons. The molecule has 0 aliphatic heterocycles. The maximum absolute atomic E-state index is 12.0. The van der Waals surface area contributed by atoms with Crippen molar-refractivity contribution < 1.29 is 17.6 Å². The topological polar surface area (TPSA) is 101 Å². The molecule has 0 bridgehead atoms. The SMILES string of the molecule is CNS(=O)(=O)c1ccc(C(=O)N[C@@H](C)c2ccncc2)o1. The Hall–Kier alpha value is -2.19. The van der Waals surface area contributed by atoms with Crippen molar-refractivity contribution in [1.29, 1.82) is 0 Å². The van der Waals surface area contributed by atoms with Gasteiger partial charge in [0.05, 0.1) is 6.04 Å². The summed E-state index contributed by atoms with van der Waals surface area (Å²) in [6.07, 6.45) is 3.25. The Morgan fingerprint density at radius 1 is 1.24 bits per heavy atom. The molecule has 8 heteroatoms. The van der Waals surface area contributed by atoms with Gasteiger partial charge in [-0.15, -0.1) is 0 Å². The Kier molecular flexibility index (Phi) is 4.39. The number of carbonyl (C=O) groups is 1. The first kappa shape index (κ1) is 15.2. The van der Waals surface area contributed by atoms with Gasteiger partial charge < -0.3 is 9.73 Å². The molecule has 2 rings (SSSR count). The number of sulfonamides is 1. The molecule has 1 amide bonds. The van der Waals surface area contributed by atoms with E-state index < -0.39 is 15.9 Å². The van der Waals surface area contributed by atoms with E-state index in [-0.39, 0.29) is 16.9 Å². The lowest BCUT2D eigenvalue weighted by atomic mass is 10.1. The first-order valence-electron chi connectivity index (χ1n) is 6.18. The van der Waals surface area contributed by atoms with E-state index in [0.29, 0.717) is 0 Å². The minimum atomic E-state index is -3.70. The van der Waals surface area contributed by atoms with Crippen molar-refractivity contribution in [2.24, 2.45) is 0 Å². The fourth-order valence-corrected chi connectivity index (χ4v) is 2.34. The van der Waals surface area contributed by atoms with Crippen LogP contribution >= 0.6 is 0 Å². The number of nitrogens with one attached hydrogen (secondary N) is 2. The van der Waals surface area contributed by atoms with Gasteiger partial charge >= 0.3 is 0 Å². The van der Waals surface area contributed by atoms with Crippen molar-refractivity contribution >= 4 is 15.9 Å². The van der Waals surface area contributed by atoms with Crippen LogP contribution in [0.3, 0.4) is 0 Å². The Balaban J connectivity index is 2.11. The highest BCUT2D eigenvalue weighted by atomic mass is 32.2. The molecule has 0 aliphatic rings. The van der Waals surface area contributed by atoms with Crippen LogP contribution in [0.1, 0.15) is 29.1 Å². The molecule has 112 valence electrons. The van der Waals surface area contributed by atoms with Crippen LogP contribution in [-0.4, -0.2) is 26.4 Å². The van der Waals surface area contributed by atoms with Gasteiger partial charge in [-0.2, -0.15) is 0 Å². The number of carbonyl (C=O) groups excluding carboxylic acids is 1. The van der Waals surface area contributed by atoms with E-state index in [1.165, 1.54) is 19.2 Å². The highest BCUT2D eigenvalue weighted by Gasteiger charge is 2.20. The summed E-state index contributed by atoms with van der Waals surface area (Å²) in [4.78, 5) is 15.9. The highest BCUT2D eigenvalue weighted by molar-refractivity contribution is 7.89. The summed E-state index contributed by atoms with van der Waals surface area (Å²) in [6, 6.07) is 5.86. The average molecular weight is 309 g/mol. The predicted molar refractivity (Wildman–Crippen MR) is 75.1 cm³/mol. The van der Waals surface area contributed by atoms with Gasteiger partial charge in [-0.25, -0.2) is 13.1 Å². The highest BCUT2D eigenvalue weighted by Crippen LogP contribution is 2.15. The zero-order valence-electron chi connectivity index (χ0n) is 11.5. The number of rotatable bonds is 5. The van der Waals surface area contributed by atoms with Gasteiger partial charge in [0.15, 0.2) is 5.76 Å². The molecular weight excluding hydrogens is 294 g/mol. The summed E-state index contributed by atoms with van der Waals surface area (Å²) >= 11 is 0. The first-order chi connectivity index (χ1) is 9.94. The van der Waals surface area contributed by atoms with Crippen molar-refractivity contribution in [1.82, 2.24) is 15.0 Å². The van der Waals surface area contributed by atoms with Gasteiger partial charge in [0.1, 0.15) is 0 Å². The second-order valence-electron chi connectivity index (χ2n) is 4.30. The Morgan fingerprint density at radius 2 is 1.90 bits per heavy atom. The van der Waals surface area contributed by atoms with Crippen molar-refractivity contribution in [2.45, 2.75) is 18.1 Å². The summed E-state index contributed by atoms with van der Waals surface area (Å²) in [6.45, 7) is 1.81. The molecule has 2 heterocycles. The maximum atomic E-state index is 12.0. The molecule has 0 fully saturated rings. The van der Waals surface area contributed by atoms with Crippen LogP contribution in [-0.2, 0) is 10.0 Å². The Morgan fingerprint density at radius 3 is 2.52 bits per heavy atom. The fourth-order valence-electron chi connectivity index (χ4n) is 1.69. The molecule has 0 unspecified atom stereocenters. The molecule has 2 aromatic rings. The number of nitrogens with zero attached hydrogens (tertiary/aromatic N) is 1. The van der Waals surface area contributed by atoms with Crippen molar-refractivity contribution in [2.75, 3.05) is 7.05 Å². The maximum Gasteiger partial charge on any atom is 0.287 e. The van der Waals surface area contributed by atoms with Crippen LogP contribution < -0.4 is 10.0 Å². The average Bonchev–Trinajstić information content (AvgIpc) is 2.99. The van der Waals surface area contributed by atoms with Gasteiger partial charge in [0.2, 0.25) is 5.09 Å². The summed E-state index contributed by atoms with van der Waals surface area (Å²) in [5.74, 6) is -0.554. The molecule has 21 heavy (non-hydrogen) atoms. The molecule has 0 saturated carbocycles. The standard InChI is InChI=1S/C13H15N3O4S/c1-9(10-5-7-15-8-6-10)16-13(17)11-3-4-12(20-11)21(18,19)14-2/h3-9,14H,1-2H3,(H,16,17)/t9-/m0/s1. The van der Waals surface area contributed by atoms with E-state index in [0.717, 1.165) is 5.56 Å². The third kappa shape index (κ3) is 3.47. The van der Waals surface area contributed by atoms with E-state index >= 15 is 0 Å². The number of aromatic nitrogens is 1. The third-order valence-corrected chi connectivity index (χ3v) is 4.18. The number of pyridine rings is 1. The van der Waals surface area contributed by atoms with Crippen LogP contribution in [0, 0.1) is 0 Å². The molecule has 0 aliphatic carbocycles. The van der Waals surface area contributed by atoms with Crippen LogP contribution in [0.2, 0.25) is 0 Å². The normalized spacial score (nSPS) is 12.9. The number of hydrogen-bond acceptors (Lipinski definition) is 5. The lowest BCUT2D eigenvalue weighted by Crippen LogP contribution is -2.26. The van der Waals surface area contributed by atoms with Crippen LogP contribution in [0.25, 0.3) is 0 Å². The van der Waals surface area contributed by atoms with Crippen LogP contribution in [0.4, 0.5) is 0 Å². The van der Waals surface area contributed by atoms with E-state index in [1.54, 1.807) is 31.5 Å². The van der Waals surface area contributed by atoms with Crippen molar-refractivity contribution in [3.63, 3.8) is 0 Å². The van der Waals surface area contributed by atoms with Crippen molar-refractivity contribution in [3.8, 4) is 0 Å². The summed E-state index contributed by atoms with van der Waals surface area (Å²) in [5.41, 5.74) is 0.882. The summed E-state index contributed by atoms with van der Waals surface area (Å²) in [5, 5.41) is 2.42. The number of furan rings is 1. The predicted octanol–water partition coefficient (Wildman–Crippen LogP) is 1.07. The largest absolute Gasteiger partial charge is 0.438 e. The lowest BCUT2D eigenvalue weighted by molar-refractivity contribution is 0.0906. The third-order valence-electron chi connectivity index (χ3n) is 2.89. The number of hydrogen-bond donors (Lipinski definition) is 2. The Labute approximate surface area is 122 Å². The van der Waals surface area contributed by atoms with E-state index in [9.17, 15) is 13.2 Å². The summed E-state index contributed by atoms with van der Waals surface area (Å²) in [7, 11) is -2.43. The fraction of sp³-hybridized carbons (Fsp3) is 0.231. The second kappa shape index (κ2) is 6.06. The van der Waals surface area contributed by atoms with Crippen LogP contribution in [0.5, 0.6) is 0 Å².